The Kier molecular flexibility index (Phi) is 5.92. The smallest absolute Gasteiger partial charge is 0.355 e. The molecular formula is C19H20FNO5. The van der Waals surface area contributed by atoms with Crippen LogP contribution in [0.1, 0.15) is 56.3 Å². The Balaban J connectivity index is 2.10. The molecule has 0 atom stereocenters. The van der Waals surface area contributed by atoms with Crippen molar-refractivity contribution >= 4 is 17.7 Å². The number of carbonyl (C=O) groups excluding carboxylic acids is 3. The van der Waals surface area contributed by atoms with Gasteiger partial charge >= 0.3 is 11.9 Å². The Bertz CT molecular complexity index is 854. The summed E-state index contributed by atoms with van der Waals surface area (Å²) in [4.78, 5) is 39.2. The quantitative estimate of drug-likeness (QED) is 0.630. The molecule has 0 bridgehead atoms. The average Bonchev–Trinajstić information content (AvgIpc) is 2.86. The van der Waals surface area contributed by atoms with Crippen molar-refractivity contribution in [3.63, 3.8) is 0 Å². The molecule has 7 heteroatoms. The van der Waals surface area contributed by atoms with Crippen LogP contribution in [0.3, 0.4) is 0 Å². The van der Waals surface area contributed by atoms with Crippen LogP contribution in [0.4, 0.5) is 4.39 Å². The number of hydrogen-bond donors (Lipinski definition) is 1. The van der Waals surface area contributed by atoms with E-state index in [9.17, 15) is 18.8 Å². The molecule has 0 spiro atoms. The zero-order chi connectivity index (χ0) is 19.4. The second-order valence-corrected chi connectivity index (χ2v) is 6.09. The van der Waals surface area contributed by atoms with Gasteiger partial charge in [-0.3, -0.25) is 4.79 Å². The van der Waals surface area contributed by atoms with Gasteiger partial charge in [-0.2, -0.15) is 0 Å². The third kappa shape index (κ3) is 4.36. The third-order valence-electron chi connectivity index (χ3n) is 3.67. The molecule has 138 valence electrons. The van der Waals surface area contributed by atoms with E-state index in [-0.39, 0.29) is 22.9 Å². The van der Waals surface area contributed by atoms with Gasteiger partial charge in [-0.15, -0.1) is 0 Å². The predicted molar refractivity (Wildman–Crippen MR) is 91.8 cm³/mol. The van der Waals surface area contributed by atoms with Gasteiger partial charge in [0.05, 0.1) is 11.7 Å². The maximum Gasteiger partial charge on any atom is 0.355 e. The summed E-state index contributed by atoms with van der Waals surface area (Å²) in [5.41, 5.74) is 1.30. The lowest BCUT2D eigenvalue weighted by atomic mass is 10.1. The maximum atomic E-state index is 13.1. The van der Waals surface area contributed by atoms with E-state index in [1.807, 2.05) is 0 Å². The average molecular weight is 361 g/mol. The zero-order valence-electron chi connectivity index (χ0n) is 15.0. The third-order valence-corrected chi connectivity index (χ3v) is 3.67. The number of nitrogens with one attached hydrogen (secondary N) is 1. The van der Waals surface area contributed by atoms with E-state index < -0.39 is 30.1 Å². The van der Waals surface area contributed by atoms with Crippen LogP contribution in [0, 0.1) is 19.7 Å². The van der Waals surface area contributed by atoms with Crippen LogP contribution in [0.5, 0.6) is 0 Å². The first-order valence-corrected chi connectivity index (χ1v) is 8.06. The Morgan fingerprint density at radius 2 is 1.85 bits per heavy atom. The Hall–Kier alpha value is -2.96. The summed E-state index contributed by atoms with van der Waals surface area (Å²) in [5, 5.41) is 0. The van der Waals surface area contributed by atoms with Crippen molar-refractivity contribution in [3.8, 4) is 0 Å². The first-order chi connectivity index (χ1) is 12.2. The van der Waals surface area contributed by atoms with Gasteiger partial charge in [0.2, 0.25) is 0 Å². The molecule has 1 heterocycles. The van der Waals surface area contributed by atoms with Crippen LogP contribution in [-0.2, 0) is 9.47 Å². The van der Waals surface area contributed by atoms with Crippen molar-refractivity contribution in [2.75, 3.05) is 6.61 Å². The number of Topliss-reactive ketones (excluding diaryl/α,β-unsaturated/α-hetero) is 1. The summed E-state index contributed by atoms with van der Waals surface area (Å²) in [5.74, 6) is -2.40. The standard InChI is InChI=1S/C19H20FNO5/c1-10(2)26-18(23)16-11(3)17(21-12(16)4)19(24)25-9-15(22)13-6-5-7-14(20)8-13/h5-8,10,21H,9H2,1-4H3. The van der Waals surface area contributed by atoms with Crippen LogP contribution in [-0.4, -0.2) is 35.4 Å². The van der Waals surface area contributed by atoms with Crippen molar-refractivity contribution < 1.29 is 28.2 Å². The number of carbonyl (C=O) groups is 3. The summed E-state index contributed by atoms with van der Waals surface area (Å²) in [7, 11) is 0. The number of aromatic amines is 1. The monoisotopic (exact) mass is 361 g/mol. The van der Waals surface area contributed by atoms with Crippen molar-refractivity contribution in [2.45, 2.75) is 33.8 Å². The highest BCUT2D eigenvalue weighted by Crippen LogP contribution is 2.20. The number of benzene rings is 1. The van der Waals surface area contributed by atoms with Gasteiger partial charge in [0.25, 0.3) is 0 Å². The number of aromatic nitrogens is 1. The van der Waals surface area contributed by atoms with Crippen LogP contribution in [0.2, 0.25) is 0 Å². The first-order valence-electron chi connectivity index (χ1n) is 8.06. The summed E-state index contributed by atoms with van der Waals surface area (Å²) < 4.78 is 23.3. The number of hydrogen-bond acceptors (Lipinski definition) is 5. The second kappa shape index (κ2) is 7.95. The van der Waals surface area contributed by atoms with E-state index in [0.29, 0.717) is 11.3 Å². The van der Waals surface area contributed by atoms with Gasteiger partial charge in [0.1, 0.15) is 11.5 Å². The van der Waals surface area contributed by atoms with E-state index >= 15 is 0 Å². The van der Waals surface area contributed by atoms with E-state index in [2.05, 4.69) is 4.98 Å². The van der Waals surface area contributed by atoms with Crippen molar-refractivity contribution in [3.05, 3.63) is 58.2 Å². The minimum atomic E-state index is -0.779. The van der Waals surface area contributed by atoms with E-state index in [1.54, 1.807) is 27.7 Å². The number of ether oxygens (including phenoxy) is 2. The largest absolute Gasteiger partial charge is 0.459 e. The molecule has 0 aliphatic rings. The van der Waals surface area contributed by atoms with Crippen LogP contribution in [0.25, 0.3) is 0 Å². The predicted octanol–water partition coefficient (Wildman–Crippen LogP) is 3.38. The highest BCUT2D eigenvalue weighted by Gasteiger charge is 2.25. The molecule has 0 fully saturated rings. The van der Waals surface area contributed by atoms with Gasteiger partial charge in [0.15, 0.2) is 12.4 Å². The second-order valence-electron chi connectivity index (χ2n) is 6.09. The number of halogens is 1. The molecule has 2 rings (SSSR count). The molecule has 1 aromatic heterocycles. The van der Waals surface area contributed by atoms with Gasteiger partial charge in [0, 0.05) is 11.3 Å². The molecule has 0 amide bonds. The number of rotatable bonds is 6. The summed E-state index contributed by atoms with van der Waals surface area (Å²) in [6.45, 7) is 6.14. The number of esters is 2. The molecule has 26 heavy (non-hydrogen) atoms. The molecule has 0 saturated carbocycles. The normalized spacial score (nSPS) is 10.7. The Labute approximate surface area is 150 Å². The fourth-order valence-corrected chi connectivity index (χ4v) is 2.48. The molecule has 6 nitrogen and oxygen atoms in total. The molecule has 0 aliphatic carbocycles. The fraction of sp³-hybridized carbons (Fsp3) is 0.316. The molecule has 1 aromatic carbocycles. The van der Waals surface area contributed by atoms with Gasteiger partial charge in [-0.25, -0.2) is 14.0 Å². The van der Waals surface area contributed by atoms with Crippen LogP contribution in [0.15, 0.2) is 24.3 Å². The Morgan fingerprint density at radius 1 is 1.15 bits per heavy atom. The SMILES string of the molecule is Cc1[nH]c(C(=O)OCC(=O)c2cccc(F)c2)c(C)c1C(=O)OC(C)C. The lowest BCUT2D eigenvalue weighted by Gasteiger charge is -2.08. The molecule has 0 aliphatic heterocycles. The minimum absolute atomic E-state index is 0.0743. The summed E-state index contributed by atoms with van der Waals surface area (Å²) in [6, 6.07) is 5.12. The fourth-order valence-electron chi connectivity index (χ4n) is 2.48. The van der Waals surface area contributed by atoms with Gasteiger partial charge in [-0.1, -0.05) is 12.1 Å². The maximum absolute atomic E-state index is 13.1. The minimum Gasteiger partial charge on any atom is -0.459 e. The first kappa shape index (κ1) is 19.4. The van der Waals surface area contributed by atoms with Crippen molar-refractivity contribution in [1.29, 1.82) is 0 Å². The molecule has 2 aromatic rings. The number of ketones is 1. The topological polar surface area (TPSA) is 85.5 Å². The lowest BCUT2D eigenvalue weighted by Crippen LogP contribution is -2.16. The van der Waals surface area contributed by atoms with Crippen molar-refractivity contribution in [1.82, 2.24) is 4.98 Å². The Morgan fingerprint density at radius 3 is 2.46 bits per heavy atom. The molecule has 1 N–H and O–H groups in total. The van der Waals surface area contributed by atoms with Gasteiger partial charge < -0.3 is 14.5 Å². The zero-order valence-corrected chi connectivity index (χ0v) is 15.0. The van der Waals surface area contributed by atoms with Crippen molar-refractivity contribution in [2.24, 2.45) is 0 Å². The van der Waals surface area contributed by atoms with Crippen LogP contribution >= 0.6 is 0 Å². The summed E-state index contributed by atoms with van der Waals surface area (Å²) >= 11 is 0. The van der Waals surface area contributed by atoms with E-state index in [4.69, 9.17) is 9.47 Å². The molecular weight excluding hydrogens is 341 g/mol. The van der Waals surface area contributed by atoms with E-state index in [1.165, 1.54) is 18.2 Å². The lowest BCUT2D eigenvalue weighted by molar-refractivity contribution is 0.0376. The van der Waals surface area contributed by atoms with Gasteiger partial charge in [-0.05, 0) is 45.4 Å². The number of aryl methyl sites for hydroxylation is 1. The van der Waals surface area contributed by atoms with E-state index in [0.717, 1.165) is 6.07 Å². The molecule has 0 saturated heterocycles. The molecule has 0 radical (unpaired) electrons. The molecule has 0 unspecified atom stereocenters. The number of H-pyrrole nitrogens is 1. The summed E-state index contributed by atoms with van der Waals surface area (Å²) in [6.07, 6.45) is -0.296. The highest BCUT2D eigenvalue weighted by atomic mass is 19.1. The highest BCUT2D eigenvalue weighted by molar-refractivity contribution is 6.01. The van der Waals surface area contributed by atoms with Crippen LogP contribution < -0.4 is 0 Å².